The maximum absolute atomic E-state index is 2.56. The average Bonchev–Trinajstić information content (AvgIpc) is 2.28. The summed E-state index contributed by atoms with van der Waals surface area (Å²) in [4.78, 5) is 0. The van der Waals surface area contributed by atoms with Crippen molar-refractivity contribution in [3.63, 3.8) is 0 Å². The van der Waals surface area contributed by atoms with E-state index in [-0.39, 0.29) is 0 Å². The highest BCUT2D eigenvalue weighted by atomic mass is 14.4. The zero-order valence-corrected chi connectivity index (χ0v) is 13.4. The quantitative estimate of drug-likeness (QED) is 0.559. The smallest absolute Gasteiger partial charge is 0.0354 e. The van der Waals surface area contributed by atoms with Gasteiger partial charge in [-0.15, -0.1) is 0 Å². The van der Waals surface area contributed by atoms with Gasteiger partial charge in [0, 0.05) is 0 Å². The van der Waals surface area contributed by atoms with Gasteiger partial charge in [-0.05, 0) is 80.0 Å². The molecule has 0 heterocycles. The average molecular weight is 250 g/mol. The van der Waals surface area contributed by atoms with Crippen LogP contribution < -0.4 is 0 Å². The van der Waals surface area contributed by atoms with Crippen molar-refractivity contribution in [1.82, 2.24) is 0 Å². The SMILES string of the molecule is CC(C1CCC(C)(C)CC1)C1CCC(C)(C)CC1. The van der Waals surface area contributed by atoms with Crippen molar-refractivity contribution >= 4 is 0 Å². The van der Waals surface area contributed by atoms with Gasteiger partial charge >= 0.3 is 0 Å². The molecule has 0 aromatic rings. The van der Waals surface area contributed by atoms with Crippen LogP contribution in [-0.2, 0) is 0 Å². The fourth-order valence-electron chi connectivity index (χ4n) is 4.28. The van der Waals surface area contributed by atoms with E-state index in [4.69, 9.17) is 0 Å². The highest BCUT2D eigenvalue weighted by Gasteiger charge is 2.35. The van der Waals surface area contributed by atoms with Gasteiger partial charge in [-0.25, -0.2) is 0 Å². The first-order chi connectivity index (χ1) is 8.29. The Morgan fingerprint density at radius 1 is 0.667 bits per heavy atom. The van der Waals surface area contributed by atoms with Crippen molar-refractivity contribution in [3.8, 4) is 0 Å². The molecule has 2 aliphatic carbocycles. The summed E-state index contributed by atoms with van der Waals surface area (Å²) in [6.07, 6.45) is 11.8. The summed E-state index contributed by atoms with van der Waals surface area (Å²) in [5.74, 6) is 3.05. The molecule has 0 aromatic heterocycles. The van der Waals surface area contributed by atoms with Crippen molar-refractivity contribution in [2.24, 2.45) is 28.6 Å². The topological polar surface area (TPSA) is 0 Å². The Morgan fingerprint density at radius 2 is 0.944 bits per heavy atom. The fourth-order valence-corrected chi connectivity index (χ4v) is 4.28. The van der Waals surface area contributed by atoms with E-state index >= 15 is 0 Å². The van der Waals surface area contributed by atoms with Crippen LogP contribution in [0.2, 0.25) is 0 Å². The van der Waals surface area contributed by atoms with Crippen LogP contribution in [0.4, 0.5) is 0 Å². The molecule has 0 aliphatic heterocycles. The molecule has 0 spiro atoms. The summed E-state index contributed by atoms with van der Waals surface area (Å²) in [6.45, 7) is 12.4. The highest BCUT2D eigenvalue weighted by Crippen LogP contribution is 2.47. The van der Waals surface area contributed by atoms with Crippen molar-refractivity contribution in [2.45, 2.75) is 86.0 Å². The highest BCUT2D eigenvalue weighted by molar-refractivity contribution is 4.86. The molecule has 106 valence electrons. The van der Waals surface area contributed by atoms with E-state index in [0.29, 0.717) is 10.8 Å². The second kappa shape index (κ2) is 5.17. The Bertz CT molecular complexity index is 226. The normalized spacial score (nSPS) is 29.7. The summed E-state index contributed by atoms with van der Waals surface area (Å²) in [6, 6.07) is 0. The molecule has 0 amide bonds. The molecule has 0 unspecified atom stereocenters. The Balaban J connectivity index is 1.83. The second-order valence-corrected chi connectivity index (χ2v) is 8.86. The van der Waals surface area contributed by atoms with Crippen LogP contribution in [0.25, 0.3) is 0 Å². The van der Waals surface area contributed by atoms with Crippen LogP contribution >= 0.6 is 0 Å². The summed E-state index contributed by atoms with van der Waals surface area (Å²) < 4.78 is 0. The van der Waals surface area contributed by atoms with Crippen LogP contribution in [0.3, 0.4) is 0 Å². The van der Waals surface area contributed by atoms with Gasteiger partial charge in [0.25, 0.3) is 0 Å². The first kappa shape index (κ1) is 14.4. The minimum Gasteiger partial charge on any atom is -0.0620 e. The van der Waals surface area contributed by atoms with Crippen molar-refractivity contribution in [3.05, 3.63) is 0 Å². The molecule has 2 rings (SSSR count). The van der Waals surface area contributed by atoms with Crippen molar-refractivity contribution < 1.29 is 0 Å². The van der Waals surface area contributed by atoms with Crippen molar-refractivity contribution in [2.75, 3.05) is 0 Å². The molecule has 2 fully saturated rings. The van der Waals surface area contributed by atoms with E-state index in [9.17, 15) is 0 Å². The van der Waals surface area contributed by atoms with Gasteiger partial charge in [0.2, 0.25) is 0 Å². The molecule has 0 atom stereocenters. The van der Waals surface area contributed by atoms with E-state index in [1.807, 2.05) is 0 Å². The van der Waals surface area contributed by atoms with Crippen LogP contribution in [-0.4, -0.2) is 0 Å². The molecule has 0 aromatic carbocycles. The van der Waals surface area contributed by atoms with Crippen LogP contribution in [0.15, 0.2) is 0 Å². The lowest BCUT2D eigenvalue weighted by atomic mass is 9.63. The van der Waals surface area contributed by atoms with Gasteiger partial charge in [-0.1, -0.05) is 34.6 Å². The third kappa shape index (κ3) is 3.52. The zero-order valence-electron chi connectivity index (χ0n) is 13.4. The maximum atomic E-state index is 2.56. The minimum atomic E-state index is 0.630. The molecule has 0 saturated heterocycles. The van der Waals surface area contributed by atoms with E-state index in [1.165, 1.54) is 51.4 Å². The Kier molecular flexibility index (Phi) is 4.14. The first-order valence-electron chi connectivity index (χ1n) is 8.29. The number of hydrogen-bond acceptors (Lipinski definition) is 0. The van der Waals surface area contributed by atoms with Crippen LogP contribution in [0, 0.1) is 28.6 Å². The molecule has 18 heavy (non-hydrogen) atoms. The summed E-state index contributed by atoms with van der Waals surface area (Å²) >= 11 is 0. The van der Waals surface area contributed by atoms with Crippen LogP contribution in [0.5, 0.6) is 0 Å². The molecule has 0 N–H and O–H groups in total. The number of rotatable bonds is 2. The lowest BCUT2D eigenvalue weighted by Gasteiger charge is -2.43. The van der Waals surface area contributed by atoms with Gasteiger partial charge in [-0.2, -0.15) is 0 Å². The zero-order chi connectivity index (χ0) is 13.4. The van der Waals surface area contributed by atoms with E-state index in [1.54, 1.807) is 0 Å². The third-order valence-corrected chi connectivity index (χ3v) is 6.25. The predicted octanol–water partition coefficient (Wildman–Crippen LogP) is 6.06. The standard InChI is InChI=1S/C18H34/c1-14(15-6-10-17(2,3)11-7-15)16-8-12-18(4,5)13-9-16/h14-16H,6-13H2,1-5H3. The molecule has 0 nitrogen and oxygen atoms in total. The van der Waals surface area contributed by atoms with E-state index < -0.39 is 0 Å². The van der Waals surface area contributed by atoms with Gasteiger partial charge in [0.1, 0.15) is 0 Å². The predicted molar refractivity (Wildman–Crippen MR) is 80.6 cm³/mol. The molecular weight excluding hydrogens is 216 g/mol. The van der Waals surface area contributed by atoms with Crippen LogP contribution in [0.1, 0.15) is 86.0 Å². The Hall–Kier alpha value is 0. The Labute approximate surface area is 115 Å². The summed E-state index contributed by atoms with van der Waals surface area (Å²) in [5.41, 5.74) is 1.26. The molecule has 0 bridgehead atoms. The van der Waals surface area contributed by atoms with Gasteiger partial charge in [0.15, 0.2) is 0 Å². The van der Waals surface area contributed by atoms with Gasteiger partial charge < -0.3 is 0 Å². The minimum absolute atomic E-state index is 0.630. The second-order valence-electron chi connectivity index (χ2n) is 8.86. The third-order valence-electron chi connectivity index (χ3n) is 6.25. The van der Waals surface area contributed by atoms with E-state index in [2.05, 4.69) is 34.6 Å². The monoisotopic (exact) mass is 250 g/mol. The molecular formula is C18H34. The van der Waals surface area contributed by atoms with Gasteiger partial charge in [0.05, 0.1) is 0 Å². The first-order valence-corrected chi connectivity index (χ1v) is 8.29. The summed E-state index contributed by atoms with van der Waals surface area (Å²) in [5, 5.41) is 0. The molecule has 2 saturated carbocycles. The lowest BCUT2D eigenvalue weighted by molar-refractivity contribution is 0.0842. The number of hydrogen-bond donors (Lipinski definition) is 0. The van der Waals surface area contributed by atoms with E-state index in [0.717, 1.165) is 17.8 Å². The van der Waals surface area contributed by atoms with Crippen molar-refractivity contribution in [1.29, 1.82) is 0 Å². The van der Waals surface area contributed by atoms with Gasteiger partial charge in [-0.3, -0.25) is 0 Å². The largest absolute Gasteiger partial charge is 0.0620 e. The molecule has 0 heteroatoms. The summed E-state index contributed by atoms with van der Waals surface area (Å²) in [7, 11) is 0. The fraction of sp³-hybridized carbons (Fsp3) is 1.00. The maximum Gasteiger partial charge on any atom is -0.0354 e. The lowest BCUT2D eigenvalue weighted by Crippen LogP contribution is -2.31. The Morgan fingerprint density at radius 3 is 1.22 bits per heavy atom. The molecule has 0 radical (unpaired) electrons. The molecule has 2 aliphatic rings.